The highest BCUT2D eigenvalue weighted by Gasteiger charge is 2.41. The van der Waals surface area contributed by atoms with Crippen LogP contribution in [0.1, 0.15) is 11.8 Å². The van der Waals surface area contributed by atoms with Crippen LogP contribution in [0.25, 0.3) is 0 Å². The van der Waals surface area contributed by atoms with E-state index in [-0.39, 0.29) is 0 Å². The molecule has 22 heavy (non-hydrogen) atoms. The molecule has 1 aliphatic heterocycles. The number of nitrogens with zero attached hydrogens (tertiary/aromatic N) is 3. The molecular weight excluding hydrogens is 313 g/mol. The van der Waals surface area contributed by atoms with Crippen LogP contribution in [0, 0.1) is 0 Å². The molecule has 1 saturated heterocycles. The number of alkyl halides is 3. The molecule has 0 spiro atoms. The van der Waals surface area contributed by atoms with Gasteiger partial charge in [-0.05, 0) is 18.4 Å². The summed E-state index contributed by atoms with van der Waals surface area (Å²) in [6.45, 7) is 3.78. The maximum Gasteiger partial charge on any atom is 0.403 e. The maximum absolute atomic E-state index is 12.7. The molecule has 0 radical (unpaired) electrons. The van der Waals surface area contributed by atoms with Gasteiger partial charge < -0.3 is 10.2 Å². The molecule has 0 amide bonds. The van der Waals surface area contributed by atoms with Crippen molar-refractivity contribution in [2.45, 2.75) is 25.7 Å². The van der Waals surface area contributed by atoms with Gasteiger partial charge in [-0.25, -0.2) is 0 Å². The maximum atomic E-state index is 12.7. The first kappa shape index (κ1) is 17.1. The number of nitrogens with one attached hydrogen (secondary N) is 1. The highest BCUT2D eigenvalue weighted by atomic mass is 32.1. The first-order chi connectivity index (χ1) is 10.4. The zero-order valence-electron chi connectivity index (χ0n) is 12.7. The minimum absolute atomic E-state index is 0.389. The molecule has 0 saturated carbocycles. The van der Waals surface area contributed by atoms with E-state index in [4.69, 9.17) is 0 Å². The molecule has 4 nitrogen and oxygen atoms in total. The molecule has 0 bridgehead atoms. The monoisotopic (exact) mass is 334 g/mol. The predicted molar refractivity (Wildman–Crippen MR) is 83.2 cm³/mol. The number of aliphatic imine (C=N–C) groups is 1. The zero-order valence-corrected chi connectivity index (χ0v) is 13.5. The standard InChI is InChI=1S/C14H21F3N4S/c1-11(14(15,16)17)20-5-7-21(8-6-20)13(18-2)19-10-12-4-3-9-22-12/h3-4,9,11H,5-8,10H2,1-2H3,(H,18,19). The van der Waals surface area contributed by atoms with Gasteiger partial charge in [-0.3, -0.25) is 9.89 Å². The topological polar surface area (TPSA) is 30.9 Å². The Hall–Kier alpha value is -1.28. The van der Waals surface area contributed by atoms with E-state index in [0.717, 1.165) is 5.96 Å². The Labute approximate surface area is 132 Å². The molecule has 1 unspecified atom stereocenters. The number of rotatable bonds is 3. The van der Waals surface area contributed by atoms with Gasteiger partial charge >= 0.3 is 6.18 Å². The van der Waals surface area contributed by atoms with E-state index in [1.54, 1.807) is 18.4 Å². The van der Waals surface area contributed by atoms with Gasteiger partial charge in [-0.15, -0.1) is 11.3 Å². The van der Waals surface area contributed by atoms with Gasteiger partial charge in [0.05, 0.1) is 6.54 Å². The van der Waals surface area contributed by atoms with Gasteiger partial charge in [0.1, 0.15) is 6.04 Å². The van der Waals surface area contributed by atoms with E-state index >= 15 is 0 Å². The lowest BCUT2D eigenvalue weighted by Gasteiger charge is -2.39. The molecule has 124 valence electrons. The molecule has 1 atom stereocenters. The first-order valence-corrected chi connectivity index (χ1v) is 8.08. The van der Waals surface area contributed by atoms with Crippen LogP contribution in [0.3, 0.4) is 0 Å². The molecule has 2 rings (SSSR count). The van der Waals surface area contributed by atoms with Crippen LogP contribution in [0.4, 0.5) is 13.2 Å². The molecule has 0 aromatic carbocycles. The van der Waals surface area contributed by atoms with E-state index in [9.17, 15) is 13.2 Å². The van der Waals surface area contributed by atoms with Gasteiger partial charge in [0.2, 0.25) is 0 Å². The fourth-order valence-corrected chi connectivity index (χ4v) is 3.08. The summed E-state index contributed by atoms with van der Waals surface area (Å²) in [5.74, 6) is 0.743. The second-order valence-corrected chi connectivity index (χ2v) is 6.25. The summed E-state index contributed by atoms with van der Waals surface area (Å²) in [4.78, 5) is 8.91. The summed E-state index contributed by atoms with van der Waals surface area (Å²) in [5.41, 5.74) is 0. The lowest BCUT2D eigenvalue weighted by Crippen LogP contribution is -2.56. The van der Waals surface area contributed by atoms with Crippen LogP contribution in [0.5, 0.6) is 0 Å². The summed E-state index contributed by atoms with van der Waals surface area (Å²) < 4.78 is 38.2. The minimum atomic E-state index is -4.17. The fourth-order valence-electron chi connectivity index (χ4n) is 2.44. The Morgan fingerprint density at radius 1 is 1.36 bits per heavy atom. The lowest BCUT2D eigenvalue weighted by atomic mass is 10.2. The summed E-state index contributed by atoms with van der Waals surface area (Å²) in [7, 11) is 1.70. The third-order valence-electron chi connectivity index (χ3n) is 3.85. The highest BCUT2D eigenvalue weighted by Crippen LogP contribution is 2.25. The average molecular weight is 334 g/mol. The number of halogens is 3. The van der Waals surface area contributed by atoms with Crippen LogP contribution in [-0.2, 0) is 6.54 Å². The second kappa shape index (κ2) is 7.32. The molecular formula is C14H21F3N4S. The molecule has 1 N–H and O–H groups in total. The Bertz CT molecular complexity index is 479. The van der Waals surface area contributed by atoms with Gasteiger partial charge in [0, 0.05) is 38.1 Å². The van der Waals surface area contributed by atoms with E-state index in [1.807, 2.05) is 22.4 Å². The van der Waals surface area contributed by atoms with Crippen molar-refractivity contribution in [2.24, 2.45) is 4.99 Å². The summed E-state index contributed by atoms with van der Waals surface area (Å²) in [5, 5.41) is 5.27. The van der Waals surface area contributed by atoms with Crippen LogP contribution in [0.15, 0.2) is 22.5 Å². The Morgan fingerprint density at radius 3 is 2.55 bits per heavy atom. The van der Waals surface area contributed by atoms with E-state index in [0.29, 0.717) is 32.7 Å². The fraction of sp³-hybridized carbons (Fsp3) is 0.643. The second-order valence-electron chi connectivity index (χ2n) is 5.22. The van der Waals surface area contributed by atoms with Crippen molar-refractivity contribution >= 4 is 17.3 Å². The van der Waals surface area contributed by atoms with Gasteiger partial charge in [-0.1, -0.05) is 6.07 Å². The summed E-state index contributed by atoms with van der Waals surface area (Å²) in [6.07, 6.45) is -4.17. The molecule has 1 aliphatic rings. The van der Waals surface area contributed by atoms with Crippen molar-refractivity contribution < 1.29 is 13.2 Å². The van der Waals surface area contributed by atoms with Crippen LogP contribution < -0.4 is 5.32 Å². The molecule has 1 fully saturated rings. The van der Waals surface area contributed by atoms with E-state index in [1.165, 1.54) is 16.7 Å². The van der Waals surface area contributed by atoms with Crippen molar-refractivity contribution in [1.82, 2.24) is 15.1 Å². The SMILES string of the molecule is CN=C(NCc1cccs1)N1CCN(C(C)C(F)(F)F)CC1. The van der Waals surface area contributed by atoms with E-state index < -0.39 is 12.2 Å². The molecule has 0 aliphatic carbocycles. The van der Waals surface area contributed by atoms with Gasteiger partial charge in [-0.2, -0.15) is 13.2 Å². The number of thiophene rings is 1. The quantitative estimate of drug-likeness (QED) is 0.680. The minimum Gasteiger partial charge on any atom is -0.351 e. The molecule has 8 heteroatoms. The van der Waals surface area contributed by atoms with Crippen LogP contribution in [-0.4, -0.2) is 61.2 Å². The van der Waals surface area contributed by atoms with Crippen molar-refractivity contribution in [1.29, 1.82) is 0 Å². The van der Waals surface area contributed by atoms with Crippen LogP contribution >= 0.6 is 11.3 Å². The lowest BCUT2D eigenvalue weighted by molar-refractivity contribution is -0.181. The molecule has 2 heterocycles. The normalized spacial score (nSPS) is 19.3. The molecule has 1 aromatic rings. The summed E-state index contributed by atoms with van der Waals surface area (Å²) >= 11 is 1.66. The van der Waals surface area contributed by atoms with Gasteiger partial charge in [0.25, 0.3) is 0 Å². The first-order valence-electron chi connectivity index (χ1n) is 7.20. The number of hydrogen-bond acceptors (Lipinski definition) is 3. The number of guanidine groups is 1. The smallest absolute Gasteiger partial charge is 0.351 e. The number of piperazine rings is 1. The Morgan fingerprint density at radius 2 is 2.05 bits per heavy atom. The van der Waals surface area contributed by atoms with E-state index in [2.05, 4.69) is 10.3 Å². The van der Waals surface area contributed by atoms with Gasteiger partial charge in [0.15, 0.2) is 5.96 Å². The zero-order chi connectivity index (χ0) is 16.2. The third-order valence-corrected chi connectivity index (χ3v) is 4.72. The highest BCUT2D eigenvalue weighted by molar-refractivity contribution is 7.09. The van der Waals surface area contributed by atoms with Crippen molar-refractivity contribution in [3.05, 3.63) is 22.4 Å². The number of hydrogen-bond donors (Lipinski definition) is 1. The Balaban J connectivity index is 1.84. The Kier molecular flexibility index (Phi) is 5.69. The van der Waals surface area contributed by atoms with Crippen LogP contribution in [0.2, 0.25) is 0 Å². The van der Waals surface area contributed by atoms with Crippen molar-refractivity contribution in [3.8, 4) is 0 Å². The largest absolute Gasteiger partial charge is 0.403 e. The average Bonchev–Trinajstić information content (AvgIpc) is 3.00. The third kappa shape index (κ3) is 4.36. The van der Waals surface area contributed by atoms with Crippen molar-refractivity contribution in [3.63, 3.8) is 0 Å². The van der Waals surface area contributed by atoms with Crippen molar-refractivity contribution in [2.75, 3.05) is 33.2 Å². The predicted octanol–water partition coefficient (Wildman–Crippen LogP) is 2.39. The summed E-state index contributed by atoms with van der Waals surface area (Å²) in [6, 6.07) is 2.63. The molecule has 1 aromatic heterocycles.